The van der Waals surface area contributed by atoms with Crippen LogP contribution in [-0.2, 0) is 4.79 Å². The van der Waals surface area contributed by atoms with Crippen molar-refractivity contribution in [2.24, 2.45) is 5.41 Å². The van der Waals surface area contributed by atoms with E-state index in [0.717, 1.165) is 57.2 Å². The van der Waals surface area contributed by atoms with Crippen molar-refractivity contribution in [3.05, 3.63) is 29.7 Å². The summed E-state index contributed by atoms with van der Waals surface area (Å²) >= 11 is 0. The first-order valence-electron chi connectivity index (χ1n) is 15.9. The maximum atomic E-state index is 15.5. The van der Waals surface area contributed by atoms with Crippen LogP contribution >= 0.6 is 0 Å². The first-order valence-corrected chi connectivity index (χ1v) is 15.9. The molecular formula is C32H42FN7O3. The number of hydrogen-bond donors (Lipinski definition) is 2. The Hall–Kier alpha value is -3.47. The van der Waals surface area contributed by atoms with Gasteiger partial charge < -0.3 is 30.1 Å². The van der Waals surface area contributed by atoms with Crippen LogP contribution in [0, 0.1) is 11.2 Å². The molecule has 2 saturated carbocycles. The fourth-order valence-corrected chi connectivity index (χ4v) is 7.96. The molecule has 2 N–H and O–H groups in total. The number of halogens is 1. The Balaban J connectivity index is 1.13. The Morgan fingerprint density at radius 1 is 1.05 bits per heavy atom. The lowest BCUT2D eigenvalue weighted by Gasteiger charge is -2.47. The van der Waals surface area contributed by atoms with Crippen LogP contribution < -0.4 is 25.2 Å². The van der Waals surface area contributed by atoms with E-state index in [-0.39, 0.29) is 28.9 Å². The monoisotopic (exact) mass is 591 g/mol. The van der Waals surface area contributed by atoms with Crippen LogP contribution in [-0.4, -0.2) is 78.6 Å². The van der Waals surface area contributed by atoms with Gasteiger partial charge in [-0.3, -0.25) is 9.59 Å². The zero-order valence-electron chi connectivity index (χ0n) is 25.4. The van der Waals surface area contributed by atoms with Gasteiger partial charge in [0.2, 0.25) is 11.9 Å². The third-order valence-electron chi connectivity index (χ3n) is 10.7. The van der Waals surface area contributed by atoms with E-state index in [1.165, 1.54) is 38.5 Å². The van der Waals surface area contributed by atoms with Crippen LogP contribution in [0.4, 0.5) is 27.5 Å². The number of methoxy groups -OCH3 is 1. The van der Waals surface area contributed by atoms with E-state index in [2.05, 4.69) is 32.5 Å². The van der Waals surface area contributed by atoms with Gasteiger partial charge in [-0.1, -0.05) is 19.3 Å². The van der Waals surface area contributed by atoms with Gasteiger partial charge in [-0.25, -0.2) is 9.37 Å². The normalized spacial score (nSPS) is 26.7. The molecule has 43 heavy (non-hydrogen) atoms. The van der Waals surface area contributed by atoms with Gasteiger partial charge in [0.15, 0.2) is 5.82 Å². The van der Waals surface area contributed by atoms with E-state index in [0.29, 0.717) is 41.8 Å². The van der Waals surface area contributed by atoms with E-state index >= 15 is 4.39 Å². The van der Waals surface area contributed by atoms with Crippen LogP contribution in [0.2, 0.25) is 0 Å². The second-order valence-corrected chi connectivity index (χ2v) is 13.3. The standard InChI is InChI=1S/C32H42FN7O3/c1-38-21-9-6-10-22(38)14-19(13-21)35-29(41)23-15-27(43-3)25(16-24(23)33)36-31-34-17-26-28(37-31)40(20-7-4-5-8-20)18-32(11-12-32)30(42)39(26)2/h15-17,19-22H,4-14,18H2,1-3H3,(H,35,41)(H,34,36,37)/t19?,21-,22+. The second-order valence-electron chi connectivity index (χ2n) is 13.3. The Morgan fingerprint density at radius 2 is 1.74 bits per heavy atom. The number of nitrogens with one attached hydrogen (secondary N) is 2. The zero-order valence-corrected chi connectivity index (χ0v) is 25.4. The van der Waals surface area contributed by atoms with E-state index < -0.39 is 11.7 Å². The van der Waals surface area contributed by atoms with Crippen LogP contribution in [0.5, 0.6) is 5.75 Å². The van der Waals surface area contributed by atoms with E-state index in [4.69, 9.17) is 9.72 Å². The average Bonchev–Trinajstić information content (AvgIpc) is 3.59. The minimum atomic E-state index is -0.641. The lowest BCUT2D eigenvalue weighted by molar-refractivity contribution is -0.122. The first kappa shape index (κ1) is 28.3. The van der Waals surface area contributed by atoms with Crippen LogP contribution in [0.25, 0.3) is 0 Å². The minimum Gasteiger partial charge on any atom is -0.495 e. The smallest absolute Gasteiger partial charge is 0.254 e. The molecule has 1 aromatic heterocycles. The predicted molar refractivity (Wildman–Crippen MR) is 163 cm³/mol. The summed E-state index contributed by atoms with van der Waals surface area (Å²) in [6.45, 7) is 0.658. The summed E-state index contributed by atoms with van der Waals surface area (Å²) in [6, 6.07) is 3.99. The summed E-state index contributed by atoms with van der Waals surface area (Å²) in [5.41, 5.74) is 0.626. The molecule has 1 unspecified atom stereocenters. The van der Waals surface area contributed by atoms with Crippen molar-refractivity contribution < 1.29 is 18.7 Å². The highest BCUT2D eigenvalue weighted by molar-refractivity contribution is 6.03. The minimum absolute atomic E-state index is 0.0257. The van der Waals surface area contributed by atoms with Crippen LogP contribution in [0.1, 0.15) is 81.0 Å². The molecule has 2 amide bonds. The Labute approximate surface area is 252 Å². The van der Waals surface area contributed by atoms with Crippen molar-refractivity contribution in [3.63, 3.8) is 0 Å². The zero-order chi connectivity index (χ0) is 29.9. The number of fused-ring (bicyclic) bond motifs is 3. The molecule has 230 valence electrons. The van der Waals surface area contributed by atoms with Gasteiger partial charge in [-0.05, 0) is 64.5 Å². The lowest BCUT2D eigenvalue weighted by atomic mass is 9.82. The predicted octanol–water partition coefficient (Wildman–Crippen LogP) is 4.62. The lowest BCUT2D eigenvalue weighted by Crippen LogP contribution is -2.55. The van der Waals surface area contributed by atoms with Gasteiger partial charge in [0, 0.05) is 43.8 Å². The molecule has 2 bridgehead atoms. The molecule has 7 rings (SSSR count). The molecule has 1 aromatic carbocycles. The highest BCUT2D eigenvalue weighted by Gasteiger charge is 2.55. The highest BCUT2D eigenvalue weighted by atomic mass is 19.1. The summed E-state index contributed by atoms with van der Waals surface area (Å²) in [5.74, 6) is 0.383. The third kappa shape index (κ3) is 5.09. The van der Waals surface area contributed by atoms with Gasteiger partial charge >= 0.3 is 0 Å². The molecule has 5 aliphatic rings. The molecule has 3 atom stereocenters. The molecule has 2 saturated heterocycles. The number of carbonyl (C=O) groups is 2. The Morgan fingerprint density at radius 3 is 2.42 bits per heavy atom. The summed E-state index contributed by atoms with van der Waals surface area (Å²) in [4.78, 5) is 42.5. The van der Waals surface area contributed by atoms with Crippen LogP contribution in [0.3, 0.4) is 0 Å². The highest BCUT2D eigenvalue weighted by Crippen LogP contribution is 2.52. The van der Waals surface area contributed by atoms with Crippen molar-refractivity contribution in [2.45, 2.75) is 94.8 Å². The van der Waals surface area contributed by atoms with Crippen molar-refractivity contribution in [1.82, 2.24) is 20.2 Å². The first-order chi connectivity index (χ1) is 20.8. The summed E-state index contributed by atoms with van der Waals surface area (Å²) in [7, 11) is 5.47. The molecule has 4 fully saturated rings. The topological polar surface area (TPSA) is 103 Å². The van der Waals surface area contributed by atoms with E-state index in [1.54, 1.807) is 18.1 Å². The fraction of sp³-hybridized carbons (Fsp3) is 0.625. The molecule has 0 radical (unpaired) electrons. The average molecular weight is 592 g/mol. The maximum Gasteiger partial charge on any atom is 0.254 e. The number of ether oxygens (including phenoxy) is 1. The number of anilines is 4. The van der Waals surface area contributed by atoms with Crippen molar-refractivity contribution in [1.29, 1.82) is 0 Å². The summed E-state index contributed by atoms with van der Waals surface area (Å²) in [6.07, 6.45) is 13.2. The fourth-order valence-electron chi connectivity index (χ4n) is 7.96. The molecule has 11 heteroatoms. The maximum absolute atomic E-state index is 15.5. The van der Waals surface area contributed by atoms with Crippen molar-refractivity contribution in [2.75, 3.05) is 42.9 Å². The Bertz CT molecular complexity index is 1410. The quantitative estimate of drug-likeness (QED) is 0.502. The van der Waals surface area contributed by atoms with Crippen LogP contribution in [0.15, 0.2) is 18.3 Å². The molecule has 2 aromatic rings. The number of carbonyl (C=O) groups excluding carboxylic acids is 2. The number of hydrogen-bond acceptors (Lipinski definition) is 8. The summed E-state index contributed by atoms with van der Waals surface area (Å²) < 4.78 is 21.1. The number of piperidine rings is 2. The molecule has 2 aliphatic carbocycles. The van der Waals surface area contributed by atoms with Gasteiger partial charge in [0.25, 0.3) is 5.91 Å². The van der Waals surface area contributed by atoms with Gasteiger partial charge in [-0.2, -0.15) is 4.98 Å². The number of amides is 2. The number of benzene rings is 1. The Kier molecular flexibility index (Phi) is 7.18. The van der Waals surface area contributed by atoms with Gasteiger partial charge in [0.1, 0.15) is 17.3 Å². The van der Waals surface area contributed by atoms with Gasteiger partial charge in [-0.15, -0.1) is 0 Å². The molecule has 10 nitrogen and oxygen atoms in total. The number of aromatic nitrogens is 2. The van der Waals surface area contributed by atoms with Gasteiger partial charge in [0.05, 0.1) is 30.0 Å². The van der Waals surface area contributed by atoms with E-state index in [1.807, 2.05) is 0 Å². The second kappa shape index (κ2) is 10.9. The molecular weight excluding hydrogens is 549 g/mol. The van der Waals surface area contributed by atoms with Crippen molar-refractivity contribution in [3.8, 4) is 5.75 Å². The van der Waals surface area contributed by atoms with E-state index in [9.17, 15) is 9.59 Å². The number of nitrogens with zero attached hydrogens (tertiary/aromatic N) is 5. The van der Waals surface area contributed by atoms with Crippen molar-refractivity contribution >= 4 is 35.0 Å². The largest absolute Gasteiger partial charge is 0.495 e. The SMILES string of the molecule is COc1cc(C(=O)NC2C[C@H]3CCC[C@@H](C2)N3C)c(F)cc1Nc1ncc2c(n1)N(C1CCCC1)CC1(CC1)C(=O)N2C. The third-order valence-corrected chi connectivity index (χ3v) is 10.7. The molecule has 4 heterocycles. The molecule has 1 spiro atoms. The number of rotatable bonds is 6. The molecule has 3 aliphatic heterocycles. The summed E-state index contributed by atoms with van der Waals surface area (Å²) in [5, 5.41) is 6.23.